The third kappa shape index (κ3) is 2.86. The first kappa shape index (κ1) is 12.5. The zero-order valence-electron chi connectivity index (χ0n) is 9.86. The third-order valence-electron chi connectivity index (χ3n) is 3.10. The van der Waals surface area contributed by atoms with E-state index in [2.05, 4.69) is 5.32 Å². The fourth-order valence-corrected chi connectivity index (χ4v) is 2.71. The van der Waals surface area contributed by atoms with E-state index in [0.717, 1.165) is 4.88 Å². The Morgan fingerprint density at radius 2 is 2.24 bits per heavy atom. The Labute approximate surface area is 105 Å². The first-order valence-corrected chi connectivity index (χ1v) is 6.54. The van der Waals surface area contributed by atoms with Crippen molar-refractivity contribution in [1.82, 2.24) is 5.32 Å². The predicted octanol–water partition coefficient (Wildman–Crippen LogP) is 1.33. The molecule has 0 saturated carbocycles. The SMILES string of the molecule is Cc1ccc(C(=O)NC2(CO)CCOCC2)s1. The average Bonchev–Trinajstić information content (AvgIpc) is 2.77. The molecule has 17 heavy (non-hydrogen) atoms. The molecule has 4 nitrogen and oxygen atoms in total. The van der Waals surface area contributed by atoms with Crippen LogP contribution < -0.4 is 5.32 Å². The minimum atomic E-state index is -0.507. The lowest BCUT2D eigenvalue weighted by atomic mass is 9.91. The molecule has 1 aromatic rings. The lowest BCUT2D eigenvalue weighted by Gasteiger charge is -2.36. The van der Waals surface area contributed by atoms with Crippen molar-refractivity contribution in [2.24, 2.45) is 0 Å². The molecule has 0 aliphatic carbocycles. The monoisotopic (exact) mass is 255 g/mol. The largest absolute Gasteiger partial charge is 0.394 e. The fourth-order valence-electron chi connectivity index (χ4n) is 1.94. The van der Waals surface area contributed by atoms with E-state index in [1.165, 1.54) is 11.3 Å². The van der Waals surface area contributed by atoms with Crippen LogP contribution in [0.25, 0.3) is 0 Å². The molecule has 0 atom stereocenters. The number of hydrogen-bond donors (Lipinski definition) is 2. The number of aliphatic hydroxyl groups is 1. The van der Waals surface area contributed by atoms with Gasteiger partial charge in [0.25, 0.3) is 5.91 Å². The molecule has 0 aromatic carbocycles. The second-order valence-electron chi connectivity index (χ2n) is 4.42. The Hall–Kier alpha value is -0.910. The molecule has 0 spiro atoms. The number of carbonyl (C=O) groups excluding carboxylic acids is 1. The number of ether oxygens (including phenoxy) is 1. The van der Waals surface area contributed by atoms with E-state index in [9.17, 15) is 9.90 Å². The van der Waals surface area contributed by atoms with E-state index in [-0.39, 0.29) is 12.5 Å². The van der Waals surface area contributed by atoms with Crippen LogP contribution in [0.3, 0.4) is 0 Å². The zero-order chi connectivity index (χ0) is 12.3. The molecule has 5 heteroatoms. The van der Waals surface area contributed by atoms with Gasteiger partial charge in [-0.15, -0.1) is 11.3 Å². The molecule has 94 valence electrons. The molecule has 1 aliphatic rings. The highest BCUT2D eigenvalue weighted by Crippen LogP contribution is 2.22. The molecular formula is C12H17NO3S. The zero-order valence-corrected chi connectivity index (χ0v) is 10.7. The molecule has 0 bridgehead atoms. The number of thiophene rings is 1. The van der Waals surface area contributed by atoms with Crippen LogP contribution in [-0.4, -0.2) is 36.4 Å². The quantitative estimate of drug-likeness (QED) is 0.856. The molecule has 0 radical (unpaired) electrons. The van der Waals surface area contributed by atoms with Gasteiger partial charge in [0, 0.05) is 18.1 Å². The molecule has 1 fully saturated rings. The number of aliphatic hydroxyl groups excluding tert-OH is 1. The highest BCUT2D eigenvalue weighted by atomic mass is 32.1. The molecular weight excluding hydrogens is 238 g/mol. The van der Waals surface area contributed by atoms with E-state index in [1.54, 1.807) is 0 Å². The molecule has 1 aliphatic heterocycles. The van der Waals surface area contributed by atoms with Crippen molar-refractivity contribution in [3.05, 3.63) is 21.9 Å². The number of carbonyl (C=O) groups is 1. The maximum Gasteiger partial charge on any atom is 0.261 e. The number of rotatable bonds is 3. The maximum absolute atomic E-state index is 12.0. The second kappa shape index (κ2) is 5.16. The second-order valence-corrected chi connectivity index (χ2v) is 5.70. The summed E-state index contributed by atoms with van der Waals surface area (Å²) in [6.45, 7) is 3.11. The topological polar surface area (TPSA) is 58.6 Å². The summed E-state index contributed by atoms with van der Waals surface area (Å²) in [5.41, 5.74) is -0.507. The summed E-state index contributed by atoms with van der Waals surface area (Å²) < 4.78 is 5.26. The van der Waals surface area contributed by atoms with E-state index >= 15 is 0 Å². The van der Waals surface area contributed by atoms with Crippen LogP contribution in [0.5, 0.6) is 0 Å². The fraction of sp³-hybridized carbons (Fsp3) is 0.583. The van der Waals surface area contributed by atoms with Crippen LogP contribution in [-0.2, 0) is 4.74 Å². The van der Waals surface area contributed by atoms with Crippen LogP contribution in [0.2, 0.25) is 0 Å². The lowest BCUT2D eigenvalue weighted by Crippen LogP contribution is -2.54. The molecule has 1 aromatic heterocycles. The summed E-state index contributed by atoms with van der Waals surface area (Å²) in [6.07, 6.45) is 1.33. The van der Waals surface area contributed by atoms with Crippen molar-refractivity contribution in [2.45, 2.75) is 25.3 Å². The third-order valence-corrected chi connectivity index (χ3v) is 4.09. The minimum Gasteiger partial charge on any atom is -0.394 e. The van der Waals surface area contributed by atoms with Crippen LogP contribution in [0.4, 0.5) is 0 Å². The van der Waals surface area contributed by atoms with Gasteiger partial charge in [-0.05, 0) is 31.9 Å². The van der Waals surface area contributed by atoms with Gasteiger partial charge < -0.3 is 15.2 Å². The molecule has 2 heterocycles. The van der Waals surface area contributed by atoms with Crippen molar-refractivity contribution < 1.29 is 14.6 Å². The Balaban J connectivity index is 2.05. The summed E-state index contributed by atoms with van der Waals surface area (Å²) >= 11 is 1.47. The maximum atomic E-state index is 12.0. The summed E-state index contributed by atoms with van der Waals surface area (Å²) in [5.74, 6) is -0.0981. The van der Waals surface area contributed by atoms with Crippen LogP contribution in [0.1, 0.15) is 27.4 Å². The summed E-state index contributed by atoms with van der Waals surface area (Å²) in [6, 6.07) is 3.74. The smallest absolute Gasteiger partial charge is 0.261 e. The summed E-state index contributed by atoms with van der Waals surface area (Å²) in [5, 5.41) is 12.4. The molecule has 1 amide bonds. The number of hydrogen-bond acceptors (Lipinski definition) is 4. The molecule has 2 rings (SSSR count). The van der Waals surface area contributed by atoms with Gasteiger partial charge in [-0.2, -0.15) is 0 Å². The van der Waals surface area contributed by atoms with Crippen molar-refractivity contribution in [2.75, 3.05) is 19.8 Å². The highest BCUT2D eigenvalue weighted by Gasteiger charge is 2.33. The van der Waals surface area contributed by atoms with E-state index in [0.29, 0.717) is 30.9 Å². The standard InChI is InChI=1S/C12H17NO3S/c1-9-2-3-10(17-9)11(15)13-12(8-14)4-6-16-7-5-12/h2-3,14H,4-8H2,1H3,(H,13,15). The van der Waals surface area contributed by atoms with Gasteiger partial charge in [0.1, 0.15) is 0 Å². The van der Waals surface area contributed by atoms with E-state index in [4.69, 9.17) is 4.74 Å². The molecule has 2 N–H and O–H groups in total. The highest BCUT2D eigenvalue weighted by molar-refractivity contribution is 7.13. The Bertz CT molecular complexity index is 396. The Morgan fingerprint density at radius 3 is 2.76 bits per heavy atom. The number of aryl methyl sites for hydroxylation is 1. The first-order valence-electron chi connectivity index (χ1n) is 5.73. The van der Waals surface area contributed by atoms with E-state index in [1.807, 2.05) is 19.1 Å². The van der Waals surface area contributed by atoms with E-state index < -0.39 is 5.54 Å². The summed E-state index contributed by atoms with van der Waals surface area (Å²) in [7, 11) is 0. The lowest BCUT2D eigenvalue weighted by molar-refractivity contribution is 0.0126. The predicted molar refractivity (Wildman–Crippen MR) is 66.4 cm³/mol. The van der Waals surface area contributed by atoms with Crippen molar-refractivity contribution in [3.8, 4) is 0 Å². The first-order chi connectivity index (χ1) is 8.15. The van der Waals surface area contributed by atoms with Gasteiger partial charge in [0.15, 0.2) is 0 Å². The Kier molecular flexibility index (Phi) is 3.81. The summed E-state index contributed by atoms with van der Waals surface area (Å²) in [4.78, 5) is 13.8. The minimum absolute atomic E-state index is 0.0353. The van der Waals surface area contributed by atoms with Crippen LogP contribution in [0.15, 0.2) is 12.1 Å². The van der Waals surface area contributed by atoms with Gasteiger partial charge in [-0.25, -0.2) is 0 Å². The van der Waals surface area contributed by atoms with Crippen molar-refractivity contribution in [3.63, 3.8) is 0 Å². The van der Waals surface area contributed by atoms with Gasteiger partial charge in [0.05, 0.1) is 17.0 Å². The number of nitrogens with one attached hydrogen (secondary N) is 1. The van der Waals surface area contributed by atoms with Gasteiger partial charge in [0.2, 0.25) is 0 Å². The van der Waals surface area contributed by atoms with Crippen LogP contribution in [0, 0.1) is 6.92 Å². The molecule has 1 saturated heterocycles. The van der Waals surface area contributed by atoms with Gasteiger partial charge in [-0.3, -0.25) is 4.79 Å². The van der Waals surface area contributed by atoms with Gasteiger partial charge in [-0.1, -0.05) is 0 Å². The van der Waals surface area contributed by atoms with Crippen molar-refractivity contribution >= 4 is 17.2 Å². The Morgan fingerprint density at radius 1 is 1.53 bits per heavy atom. The van der Waals surface area contributed by atoms with Crippen molar-refractivity contribution in [1.29, 1.82) is 0 Å². The molecule has 0 unspecified atom stereocenters. The van der Waals surface area contributed by atoms with Gasteiger partial charge >= 0.3 is 0 Å². The number of amides is 1. The van der Waals surface area contributed by atoms with Crippen LogP contribution >= 0.6 is 11.3 Å². The normalized spacial score (nSPS) is 18.9. The average molecular weight is 255 g/mol.